The van der Waals surface area contributed by atoms with Crippen LogP contribution in [0.25, 0.3) is 0 Å². The third-order valence-corrected chi connectivity index (χ3v) is 3.24. The molecule has 0 aliphatic carbocycles. The summed E-state index contributed by atoms with van der Waals surface area (Å²) in [6.45, 7) is 4.27. The van der Waals surface area contributed by atoms with Gasteiger partial charge in [-0.15, -0.1) is 0 Å². The van der Waals surface area contributed by atoms with Crippen molar-refractivity contribution in [2.45, 2.75) is 26.1 Å². The molecule has 0 heterocycles. The maximum absolute atomic E-state index is 5.77. The highest BCUT2D eigenvalue weighted by Crippen LogP contribution is 2.14. The van der Waals surface area contributed by atoms with Gasteiger partial charge in [-0.2, -0.15) is 0 Å². The molecule has 0 saturated heterocycles. The molecule has 2 aromatic rings. The van der Waals surface area contributed by atoms with E-state index >= 15 is 0 Å². The Morgan fingerprint density at radius 2 is 1.67 bits per heavy atom. The fourth-order valence-electron chi connectivity index (χ4n) is 2.05. The van der Waals surface area contributed by atoms with Crippen LogP contribution in [0.2, 0.25) is 0 Å². The number of hydrogen-bond acceptors (Lipinski definition) is 3. The zero-order valence-electron chi connectivity index (χ0n) is 12.7. The van der Waals surface area contributed by atoms with Gasteiger partial charge in [-0.3, -0.25) is 0 Å². The first-order valence-corrected chi connectivity index (χ1v) is 7.26. The van der Waals surface area contributed by atoms with Crippen molar-refractivity contribution in [1.82, 2.24) is 5.32 Å². The van der Waals surface area contributed by atoms with Gasteiger partial charge in [-0.1, -0.05) is 42.5 Å². The van der Waals surface area contributed by atoms with Crippen LogP contribution in [-0.2, 0) is 17.9 Å². The molecule has 3 nitrogen and oxygen atoms in total. The molecule has 0 aliphatic heterocycles. The zero-order valence-corrected chi connectivity index (χ0v) is 12.7. The fourth-order valence-corrected chi connectivity index (χ4v) is 2.05. The van der Waals surface area contributed by atoms with E-state index in [0.29, 0.717) is 12.6 Å². The first kappa shape index (κ1) is 15.5. The third kappa shape index (κ3) is 5.58. The second-order valence-corrected chi connectivity index (χ2v) is 5.16. The summed E-state index contributed by atoms with van der Waals surface area (Å²) < 4.78 is 10.9. The standard InChI is InChI=1S/C18H23NO2/c1-15(13-20-2)19-12-16-8-10-18(11-9-16)21-14-17-6-4-3-5-7-17/h3-11,15,19H,12-14H2,1-2H3. The minimum absolute atomic E-state index is 0.351. The third-order valence-electron chi connectivity index (χ3n) is 3.24. The van der Waals surface area contributed by atoms with Crippen LogP contribution in [0.3, 0.4) is 0 Å². The van der Waals surface area contributed by atoms with Crippen molar-refractivity contribution in [3.8, 4) is 5.75 Å². The molecule has 21 heavy (non-hydrogen) atoms. The lowest BCUT2D eigenvalue weighted by molar-refractivity contribution is 0.171. The van der Waals surface area contributed by atoms with Gasteiger partial charge in [-0.05, 0) is 30.2 Å². The molecule has 0 aromatic heterocycles. The molecule has 2 aromatic carbocycles. The van der Waals surface area contributed by atoms with Gasteiger partial charge in [0.15, 0.2) is 0 Å². The normalized spacial score (nSPS) is 12.1. The molecule has 2 rings (SSSR count). The summed E-state index contributed by atoms with van der Waals surface area (Å²) in [5.74, 6) is 0.896. The molecule has 0 aliphatic rings. The maximum Gasteiger partial charge on any atom is 0.119 e. The Bertz CT molecular complexity index is 511. The topological polar surface area (TPSA) is 30.5 Å². The summed E-state index contributed by atoms with van der Waals surface area (Å²) >= 11 is 0. The Hall–Kier alpha value is -1.84. The first-order valence-electron chi connectivity index (χ1n) is 7.26. The number of benzene rings is 2. The Kier molecular flexibility index (Phi) is 6.25. The van der Waals surface area contributed by atoms with Crippen molar-refractivity contribution in [3.63, 3.8) is 0 Å². The van der Waals surface area contributed by atoms with Crippen LogP contribution in [0, 0.1) is 0 Å². The molecule has 1 N–H and O–H groups in total. The molecular formula is C18H23NO2. The molecule has 112 valence electrons. The highest BCUT2D eigenvalue weighted by Gasteiger charge is 2.01. The lowest BCUT2D eigenvalue weighted by atomic mass is 10.2. The molecule has 1 atom stereocenters. The Labute approximate surface area is 126 Å². The first-order chi connectivity index (χ1) is 10.3. The Morgan fingerprint density at radius 1 is 0.952 bits per heavy atom. The molecule has 0 saturated carbocycles. The van der Waals surface area contributed by atoms with Gasteiger partial charge in [0.1, 0.15) is 12.4 Å². The molecule has 0 radical (unpaired) electrons. The molecule has 1 unspecified atom stereocenters. The maximum atomic E-state index is 5.77. The quantitative estimate of drug-likeness (QED) is 0.806. The van der Waals surface area contributed by atoms with Gasteiger partial charge in [0, 0.05) is 19.7 Å². The van der Waals surface area contributed by atoms with Crippen molar-refractivity contribution < 1.29 is 9.47 Å². The van der Waals surface area contributed by atoms with Crippen molar-refractivity contribution in [3.05, 3.63) is 65.7 Å². The van der Waals surface area contributed by atoms with Crippen LogP contribution in [0.4, 0.5) is 0 Å². The smallest absolute Gasteiger partial charge is 0.119 e. The van der Waals surface area contributed by atoms with E-state index in [4.69, 9.17) is 9.47 Å². The molecule has 0 fully saturated rings. The minimum atomic E-state index is 0.351. The van der Waals surface area contributed by atoms with Crippen LogP contribution in [0.15, 0.2) is 54.6 Å². The van der Waals surface area contributed by atoms with Crippen molar-refractivity contribution in [2.75, 3.05) is 13.7 Å². The average molecular weight is 285 g/mol. The van der Waals surface area contributed by atoms with Crippen LogP contribution in [0.1, 0.15) is 18.1 Å². The summed E-state index contributed by atoms with van der Waals surface area (Å²) in [7, 11) is 1.72. The van der Waals surface area contributed by atoms with Gasteiger partial charge in [-0.25, -0.2) is 0 Å². The Balaban J connectivity index is 1.79. The van der Waals surface area contributed by atoms with Gasteiger partial charge >= 0.3 is 0 Å². The second kappa shape index (κ2) is 8.45. The van der Waals surface area contributed by atoms with Gasteiger partial charge in [0.05, 0.1) is 6.61 Å². The van der Waals surface area contributed by atoms with E-state index in [1.54, 1.807) is 7.11 Å². The van der Waals surface area contributed by atoms with Crippen LogP contribution < -0.4 is 10.1 Å². The van der Waals surface area contributed by atoms with Gasteiger partial charge in [0.2, 0.25) is 0 Å². The van der Waals surface area contributed by atoms with Crippen LogP contribution in [-0.4, -0.2) is 19.8 Å². The van der Waals surface area contributed by atoms with Crippen molar-refractivity contribution in [2.24, 2.45) is 0 Å². The van der Waals surface area contributed by atoms with Crippen molar-refractivity contribution >= 4 is 0 Å². The molecular weight excluding hydrogens is 262 g/mol. The van der Waals surface area contributed by atoms with Crippen LogP contribution >= 0.6 is 0 Å². The van der Waals surface area contributed by atoms with Gasteiger partial charge < -0.3 is 14.8 Å². The lowest BCUT2D eigenvalue weighted by Gasteiger charge is -2.13. The molecule has 3 heteroatoms. The summed E-state index contributed by atoms with van der Waals surface area (Å²) in [5, 5.41) is 3.41. The molecule has 0 bridgehead atoms. The summed E-state index contributed by atoms with van der Waals surface area (Å²) in [4.78, 5) is 0. The highest BCUT2D eigenvalue weighted by molar-refractivity contribution is 5.27. The number of nitrogens with one attached hydrogen (secondary N) is 1. The molecule has 0 spiro atoms. The largest absolute Gasteiger partial charge is 0.489 e. The van der Waals surface area contributed by atoms with E-state index in [2.05, 4.69) is 36.5 Å². The van der Waals surface area contributed by atoms with E-state index in [1.165, 1.54) is 11.1 Å². The highest BCUT2D eigenvalue weighted by atomic mass is 16.5. The summed E-state index contributed by atoms with van der Waals surface area (Å²) in [5.41, 5.74) is 2.42. The number of methoxy groups -OCH3 is 1. The predicted molar refractivity (Wildman–Crippen MR) is 85.4 cm³/mol. The monoisotopic (exact) mass is 285 g/mol. The second-order valence-electron chi connectivity index (χ2n) is 5.16. The van der Waals surface area contributed by atoms with Crippen LogP contribution in [0.5, 0.6) is 5.75 Å². The molecule has 0 amide bonds. The average Bonchev–Trinajstić information content (AvgIpc) is 2.53. The van der Waals surface area contributed by atoms with E-state index in [9.17, 15) is 0 Å². The number of hydrogen-bond donors (Lipinski definition) is 1. The van der Waals surface area contributed by atoms with E-state index < -0.39 is 0 Å². The zero-order chi connectivity index (χ0) is 14.9. The number of ether oxygens (including phenoxy) is 2. The summed E-state index contributed by atoms with van der Waals surface area (Å²) in [6.07, 6.45) is 0. The van der Waals surface area contributed by atoms with E-state index in [1.807, 2.05) is 30.3 Å². The Morgan fingerprint density at radius 3 is 2.33 bits per heavy atom. The van der Waals surface area contributed by atoms with E-state index in [-0.39, 0.29) is 0 Å². The minimum Gasteiger partial charge on any atom is -0.489 e. The number of rotatable bonds is 8. The van der Waals surface area contributed by atoms with E-state index in [0.717, 1.165) is 18.9 Å². The fraction of sp³-hybridized carbons (Fsp3) is 0.333. The summed E-state index contributed by atoms with van der Waals surface area (Å²) in [6, 6.07) is 18.7. The van der Waals surface area contributed by atoms with Crippen molar-refractivity contribution in [1.29, 1.82) is 0 Å². The lowest BCUT2D eigenvalue weighted by Crippen LogP contribution is -2.29. The van der Waals surface area contributed by atoms with Gasteiger partial charge in [0.25, 0.3) is 0 Å². The predicted octanol–water partition coefficient (Wildman–Crippen LogP) is 3.39. The SMILES string of the molecule is COCC(C)NCc1ccc(OCc2ccccc2)cc1.